The summed E-state index contributed by atoms with van der Waals surface area (Å²) >= 11 is 0. The van der Waals surface area contributed by atoms with Crippen LogP contribution in [-0.2, 0) is 27.2 Å². The number of hydrogen-bond donors (Lipinski definition) is 1. The monoisotopic (exact) mass is 493 g/mol. The lowest BCUT2D eigenvalue weighted by Gasteiger charge is -2.36. The third kappa shape index (κ3) is 5.58. The maximum absolute atomic E-state index is 12.9. The average Bonchev–Trinajstić information content (AvgIpc) is 3.39. The Labute approximate surface area is 212 Å². The first-order valence-electron chi connectivity index (χ1n) is 13.1. The van der Waals surface area contributed by atoms with E-state index in [2.05, 4.69) is 17.4 Å². The minimum absolute atomic E-state index is 0.0212. The van der Waals surface area contributed by atoms with E-state index < -0.39 is 0 Å². The molecule has 0 radical (unpaired) electrons. The predicted molar refractivity (Wildman–Crippen MR) is 135 cm³/mol. The van der Waals surface area contributed by atoms with Crippen molar-refractivity contribution in [3.63, 3.8) is 0 Å². The zero-order valence-electron chi connectivity index (χ0n) is 21.0. The number of piperidine rings is 1. The molecule has 3 aliphatic rings. The van der Waals surface area contributed by atoms with Crippen molar-refractivity contribution in [2.45, 2.75) is 57.3 Å². The number of ether oxygens (including phenoxy) is 3. The van der Waals surface area contributed by atoms with E-state index in [1.807, 2.05) is 23.1 Å². The first kappa shape index (κ1) is 24.4. The number of benzene rings is 1. The van der Waals surface area contributed by atoms with Gasteiger partial charge < -0.3 is 24.4 Å². The van der Waals surface area contributed by atoms with Gasteiger partial charge in [0.25, 0.3) is 0 Å². The summed E-state index contributed by atoms with van der Waals surface area (Å²) in [7, 11) is 1.43. The molecule has 1 N–H and O–H groups in total. The van der Waals surface area contributed by atoms with Crippen LogP contribution in [0.3, 0.4) is 0 Å². The van der Waals surface area contributed by atoms with E-state index in [0.29, 0.717) is 31.8 Å². The van der Waals surface area contributed by atoms with Crippen molar-refractivity contribution in [2.24, 2.45) is 5.92 Å². The number of fused-ring (bicyclic) bond motifs is 2. The van der Waals surface area contributed by atoms with Crippen molar-refractivity contribution in [1.29, 1.82) is 0 Å². The van der Waals surface area contributed by atoms with Crippen LogP contribution in [0.4, 0.5) is 5.82 Å². The zero-order valence-corrected chi connectivity index (χ0v) is 21.0. The van der Waals surface area contributed by atoms with E-state index in [-0.39, 0.29) is 24.6 Å². The lowest BCUT2D eigenvalue weighted by Crippen LogP contribution is -2.40. The smallest absolute Gasteiger partial charge is 0.306 e. The van der Waals surface area contributed by atoms with Gasteiger partial charge in [0.05, 0.1) is 13.5 Å². The lowest BCUT2D eigenvalue weighted by molar-refractivity contribution is -0.142. The summed E-state index contributed by atoms with van der Waals surface area (Å²) in [6.45, 7) is 2.63. The molecule has 1 aromatic carbocycles. The summed E-state index contributed by atoms with van der Waals surface area (Å²) in [6, 6.07) is 10.2. The Morgan fingerprint density at radius 3 is 2.83 bits per heavy atom. The number of hydrogen-bond acceptors (Lipinski definition) is 7. The molecule has 0 saturated carbocycles. The van der Waals surface area contributed by atoms with Gasteiger partial charge in [0.1, 0.15) is 5.82 Å². The van der Waals surface area contributed by atoms with Crippen molar-refractivity contribution in [2.75, 3.05) is 38.9 Å². The van der Waals surface area contributed by atoms with Crippen molar-refractivity contribution in [3.8, 4) is 11.5 Å². The van der Waals surface area contributed by atoms with Crippen LogP contribution < -0.4 is 14.8 Å². The van der Waals surface area contributed by atoms with Gasteiger partial charge in [0.15, 0.2) is 11.5 Å². The maximum Gasteiger partial charge on any atom is 0.306 e. The van der Waals surface area contributed by atoms with Gasteiger partial charge in [0, 0.05) is 31.7 Å². The van der Waals surface area contributed by atoms with Crippen LogP contribution in [0.5, 0.6) is 11.5 Å². The summed E-state index contributed by atoms with van der Waals surface area (Å²) in [5, 5.41) is 3.38. The predicted octanol–water partition coefficient (Wildman–Crippen LogP) is 4.08. The second-order valence-electron chi connectivity index (χ2n) is 9.91. The number of methoxy groups -OCH3 is 1. The molecule has 1 saturated heterocycles. The van der Waals surface area contributed by atoms with E-state index in [4.69, 9.17) is 19.2 Å². The Bertz CT molecular complexity index is 1100. The van der Waals surface area contributed by atoms with Crippen LogP contribution in [-0.4, -0.2) is 55.3 Å². The number of pyridine rings is 1. The number of nitrogens with zero attached hydrogens (tertiary/aromatic N) is 2. The summed E-state index contributed by atoms with van der Waals surface area (Å²) in [5.41, 5.74) is 3.39. The highest BCUT2D eigenvalue weighted by molar-refractivity contribution is 5.76. The van der Waals surface area contributed by atoms with Crippen LogP contribution in [0.1, 0.15) is 61.3 Å². The molecular weight excluding hydrogens is 458 g/mol. The van der Waals surface area contributed by atoms with Crippen molar-refractivity contribution in [1.82, 2.24) is 9.88 Å². The Hall–Kier alpha value is -3.29. The van der Waals surface area contributed by atoms with Crippen molar-refractivity contribution < 1.29 is 23.8 Å². The van der Waals surface area contributed by atoms with E-state index in [0.717, 1.165) is 73.6 Å². The molecule has 0 spiro atoms. The van der Waals surface area contributed by atoms with Crippen LogP contribution in [0.15, 0.2) is 30.3 Å². The fraction of sp³-hybridized carbons (Fsp3) is 0.536. The number of likely N-dealkylation sites (tertiary alicyclic amines) is 1. The molecule has 0 aliphatic carbocycles. The molecule has 192 valence electrons. The Balaban J connectivity index is 1.14. The summed E-state index contributed by atoms with van der Waals surface area (Å²) in [4.78, 5) is 31.8. The Kier molecular flexibility index (Phi) is 7.58. The second kappa shape index (κ2) is 11.2. The molecule has 1 atom stereocenters. The number of carbonyl (C=O) groups excluding carboxylic acids is 2. The molecule has 1 aromatic heterocycles. The van der Waals surface area contributed by atoms with E-state index in [9.17, 15) is 9.59 Å². The van der Waals surface area contributed by atoms with Crippen LogP contribution in [0, 0.1) is 5.92 Å². The van der Waals surface area contributed by atoms with Gasteiger partial charge in [-0.1, -0.05) is 12.1 Å². The van der Waals surface area contributed by atoms with Gasteiger partial charge in [0.2, 0.25) is 12.7 Å². The highest BCUT2D eigenvalue weighted by atomic mass is 16.7. The molecule has 4 heterocycles. The molecule has 8 heteroatoms. The number of aromatic nitrogens is 1. The van der Waals surface area contributed by atoms with Gasteiger partial charge in [-0.05, 0) is 79.7 Å². The first-order chi connectivity index (χ1) is 17.6. The fourth-order valence-corrected chi connectivity index (χ4v) is 5.60. The standard InChI is InChI=1S/C28H35N3O5/c1-34-27(33)17-23(21-8-10-24-25(16-21)36-18-35-24)19-11-14-31(15-12-19)26(32)6-2-5-22-9-7-20-4-3-13-29-28(20)30-22/h7-10,16,19,23H,2-6,11-15,17-18H2,1H3,(H,29,30). The molecule has 1 fully saturated rings. The van der Waals surface area contributed by atoms with E-state index >= 15 is 0 Å². The third-order valence-electron chi connectivity index (χ3n) is 7.68. The van der Waals surface area contributed by atoms with Gasteiger partial charge >= 0.3 is 5.97 Å². The van der Waals surface area contributed by atoms with E-state index in [1.165, 1.54) is 12.7 Å². The summed E-state index contributed by atoms with van der Waals surface area (Å²) in [5.74, 6) is 2.76. The molecular formula is C28H35N3O5. The van der Waals surface area contributed by atoms with Crippen LogP contribution >= 0.6 is 0 Å². The molecule has 8 nitrogen and oxygen atoms in total. The van der Waals surface area contributed by atoms with Crippen molar-refractivity contribution in [3.05, 3.63) is 47.2 Å². The van der Waals surface area contributed by atoms with Gasteiger partial charge in [-0.2, -0.15) is 0 Å². The minimum Gasteiger partial charge on any atom is -0.469 e. The number of amides is 1. The maximum atomic E-state index is 12.9. The fourth-order valence-electron chi connectivity index (χ4n) is 5.60. The third-order valence-corrected chi connectivity index (χ3v) is 7.68. The molecule has 0 bridgehead atoms. The Morgan fingerprint density at radius 1 is 1.17 bits per heavy atom. The van der Waals surface area contributed by atoms with Crippen LogP contribution in [0.25, 0.3) is 0 Å². The molecule has 2 aromatic rings. The largest absolute Gasteiger partial charge is 0.469 e. The minimum atomic E-state index is -0.220. The van der Waals surface area contributed by atoms with Gasteiger partial charge in [-0.25, -0.2) is 4.98 Å². The van der Waals surface area contributed by atoms with Gasteiger partial charge in [-0.3, -0.25) is 9.59 Å². The molecule has 1 amide bonds. The number of esters is 1. The number of carbonyl (C=O) groups is 2. The number of nitrogens with one attached hydrogen (secondary N) is 1. The Morgan fingerprint density at radius 2 is 2.00 bits per heavy atom. The van der Waals surface area contributed by atoms with Crippen molar-refractivity contribution >= 4 is 17.7 Å². The highest BCUT2D eigenvalue weighted by Crippen LogP contribution is 2.40. The number of rotatable bonds is 8. The quantitative estimate of drug-likeness (QED) is 0.554. The SMILES string of the molecule is COC(=O)CC(c1ccc2c(c1)OCO2)C1CCN(C(=O)CCCc2ccc3c(n2)NCCC3)CC1. The van der Waals surface area contributed by atoms with E-state index in [1.54, 1.807) is 0 Å². The topological polar surface area (TPSA) is 90.0 Å². The molecule has 36 heavy (non-hydrogen) atoms. The highest BCUT2D eigenvalue weighted by Gasteiger charge is 2.32. The summed E-state index contributed by atoms with van der Waals surface area (Å²) in [6.07, 6.45) is 6.41. The summed E-state index contributed by atoms with van der Waals surface area (Å²) < 4.78 is 16.0. The molecule has 5 rings (SSSR count). The lowest BCUT2D eigenvalue weighted by atomic mass is 9.78. The first-order valence-corrected chi connectivity index (χ1v) is 13.1. The van der Waals surface area contributed by atoms with Crippen LogP contribution in [0.2, 0.25) is 0 Å². The van der Waals surface area contributed by atoms with Gasteiger partial charge in [-0.15, -0.1) is 0 Å². The number of anilines is 1. The normalized spacial score (nSPS) is 17.8. The number of aryl methyl sites for hydroxylation is 2. The molecule has 1 unspecified atom stereocenters. The zero-order chi connectivity index (χ0) is 24.9. The molecule has 3 aliphatic heterocycles. The second-order valence-corrected chi connectivity index (χ2v) is 9.91. The average molecular weight is 494 g/mol.